The number of aryl methyl sites for hydroxylation is 1. The predicted molar refractivity (Wildman–Crippen MR) is 101 cm³/mol. The number of nitrogens with zero attached hydrogens (tertiary/aromatic N) is 4. The van der Waals surface area contributed by atoms with Gasteiger partial charge in [-0.05, 0) is 47.6 Å². The van der Waals surface area contributed by atoms with Crippen molar-refractivity contribution < 1.29 is 0 Å². The lowest BCUT2D eigenvalue weighted by atomic mass is 9.99. The van der Waals surface area contributed by atoms with Crippen LogP contribution in [0.4, 0.5) is 0 Å². The van der Waals surface area contributed by atoms with Crippen LogP contribution in [-0.2, 0) is 13.6 Å². The van der Waals surface area contributed by atoms with Crippen molar-refractivity contribution >= 4 is 17.3 Å². The lowest BCUT2D eigenvalue weighted by molar-refractivity contribution is 0.311. The minimum atomic E-state index is 0.0211. The van der Waals surface area contributed by atoms with Crippen LogP contribution in [0.25, 0.3) is 0 Å². The van der Waals surface area contributed by atoms with Crippen molar-refractivity contribution in [3.8, 4) is 0 Å². The first kappa shape index (κ1) is 15.8. The highest BCUT2D eigenvalue weighted by molar-refractivity contribution is 7.80. The standard InChI is InChI=1S/C19H19N5S/c1-23-10-7-15(13-23)18-17(16-6-2-3-9-21-16)22-19(25)24(18)12-14-5-4-8-20-11-14/h2-11,13,17-18H,12H2,1H3,(H,22,25)/t17-,18-/m0/s1. The number of rotatable bonds is 4. The molecule has 3 aromatic rings. The van der Waals surface area contributed by atoms with E-state index in [2.05, 4.69) is 49.3 Å². The second-order valence-corrected chi connectivity index (χ2v) is 6.61. The molecule has 0 saturated carbocycles. The van der Waals surface area contributed by atoms with Gasteiger partial charge in [-0.3, -0.25) is 9.97 Å². The molecule has 6 heteroatoms. The van der Waals surface area contributed by atoms with Gasteiger partial charge in [-0.25, -0.2) is 0 Å². The van der Waals surface area contributed by atoms with E-state index in [1.165, 1.54) is 5.56 Å². The highest BCUT2D eigenvalue weighted by Crippen LogP contribution is 2.39. The SMILES string of the molecule is Cn1ccc([C@H]2[C@H](c3ccccn3)NC(=S)N2Cc2cccnc2)c1. The molecular weight excluding hydrogens is 330 g/mol. The van der Waals surface area contributed by atoms with E-state index in [0.29, 0.717) is 6.54 Å². The van der Waals surface area contributed by atoms with Gasteiger partial charge in [0, 0.05) is 44.6 Å². The van der Waals surface area contributed by atoms with Gasteiger partial charge in [-0.2, -0.15) is 0 Å². The molecule has 0 unspecified atom stereocenters. The van der Waals surface area contributed by atoms with Crippen LogP contribution >= 0.6 is 12.2 Å². The summed E-state index contributed by atoms with van der Waals surface area (Å²) in [6, 6.07) is 12.3. The van der Waals surface area contributed by atoms with Gasteiger partial charge in [0.25, 0.3) is 0 Å². The molecule has 5 nitrogen and oxygen atoms in total. The molecule has 0 radical (unpaired) electrons. The monoisotopic (exact) mass is 349 g/mol. The molecule has 0 aromatic carbocycles. The van der Waals surface area contributed by atoms with E-state index in [9.17, 15) is 0 Å². The van der Waals surface area contributed by atoms with Gasteiger partial charge >= 0.3 is 0 Å². The molecule has 25 heavy (non-hydrogen) atoms. The van der Waals surface area contributed by atoms with Gasteiger partial charge in [-0.15, -0.1) is 0 Å². The van der Waals surface area contributed by atoms with Crippen LogP contribution in [0.5, 0.6) is 0 Å². The van der Waals surface area contributed by atoms with Gasteiger partial charge in [0.05, 0.1) is 17.8 Å². The molecule has 4 rings (SSSR count). The highest BCUT2D eigenvalue weighted by Gasteiger charge is 2.39. The fourth-order valence-electron chi connectivity index (χ4n) is 3.33. The molecule has 4 heterocycles. The Balaban J connectivity index is 1.72. The zero-order valence-electron chi connectivity index (χ0n) is 13.9. The summed E-state index contributed by atoms with van der Waals surface area (Å²) < 4.78 is 2.06. The summed E-state index contributed by atoms with van der Waals surface area (Å²) in [4.78, 5) is 11.0. The molecule has 0 bridgehead atoms. The van der Waals surface area contributed by atoms with Crippen molar-refractivity contribution in [2.24, 2.45) is 7.05 Å². The van der Waals surface area contributed by atoms with E-state index in [0.717, 1.165) is 16.4 Å². The zero-order valence-corrected chi connectivity index (χ0v) is 14.7. The number of nitrogens with one attached hydrogen (secondary N) is 1. The van der Waals surface area contributed by atoms with Crippen molar-refractivity contribution in [1.82, 2.24) is 24.8 Å². The van der Waals surface area contributed by atoms with Crippen LogP contribution in [0.3, 0.4) is 0 Å². The first-order valence-corrected chi connectivity index (χ1v) is 8.62. The smallest absolute Gasteiger partial charge is 0.170 e. The van der Waals surface area contributed by atoms with Crippen molar-refractivity contribution in [2.45, 2.75) is 18.6 Å². The number of aromatic nitrogens is 3. The maximum absolute atomic E-state index is 5.66. The Bertz CT molecular complexity index is 862. The third kappa shape index (κ3) is 3.13. The summed E-state index contributed by atoms with van der Waals surface area (Å²) in [5.74, 6) is 0. The average Bonchev–Trinajstić information content (AvgIpc) is 3.20. The third-order valence-electron chi connectivity index (χ3n) is 4.47. The summed E-state index contributed by atoms with van der Waals surface area (Å²) in [6.45, 7) is 0.711. The molecule has 2 atom stereocenters. The lowest BCUT2D eigenvalue weighted by Crippen LogP contribution is -2.29. The Hall–Kier alpha value is -2.73. The number of hydrogen-bond donors (Lipinski definition) is 1. The van der Waals surface area contributed by atoms with Gasteiger partial charge in [-0.1, -0.05) is 12.1 Å². The maximum Gasteiger partial charge on any atom is 0.170 e. The molecule has 0 amide bonds. The first-order valence-electron chi connectivity index (χ1n) is 8.21. The van der Waals surface area contributed by atoms with E-state index in [4.69, 9.17) is 12.2 Å². The van der Waals surface area contributed by atoms with Crippen LogP contribution < -0.4 is 5.32 Å². The number of hydrogen-bond acceptors (Lipinski definition) is 3. The van der Waals surface area contributed by atoms with Crippen LogP contribution in [0.2, 0.25) is 0 Å². The van der Waals surface area contributed by atoms with E-state index in [1.54, 1.807) is 6.20 Å². The molecule has 1 aliphatic rings. The molecule has 3 aromatic heterocycles. The van der Waals surface area contributed by atoms with Gasteiger partial charge in [0.15, 0.2) is 5.11 Å². The van der Waals surface area contributed by atoms with Crippen LogP contribution in [0, 0.1) is 0 Å². The van der Waals surface area contributed by atoms with E-state index < -0.39 is 0 Å². The van der Waals surface area contributed by atoms with E-state index in [-0.39, 0.29) is 12.1 Å². The molecular formula is C19H19N5S. The quantitative estimate of drug-likeness (QED) is 0.734. The van der Waals surface area contributed by atoms with Crippen molar-refractivity contribution in [3.05, 3.63) is 84.2 Å². The minimum absolute atomic E-state index is 0.0211. The Kier molecular flexibility index (Phi) is 4.19. The fourth-order valence-corrected chi connectivity index (χ4v) is 3.63. The molecule has 1 N–H and O–H groups in total. The van der Waals surface area contributed by atoms with Crippen LogP contribution in [-0.4, -0.2) is 24.5 Å². The Morgan fingerprint density at radius 2 is 2.08 bits per heavy atom. The second kappa shape index (κ2) is 6.64. The summed E-state index contributed by atoms with van der Waals surface area (Å²) in [5, 5.41) is 4.21. The number of thiocarbonyl (C=S) groups is 1. The van der Waals surface area contributed by atoms with Crippen molar-refractivity contribution in [1.29, 1.82) is 0 Å². The van der Waals surface area contributed by atoms with Crippen LogP contribution in [0.15, 0.2) is 67.4 Å². The first-order chi connectivity index (χ1) is 12.2. The largest absolute Gasteiger partial charge is 0.357 e. The van der Waals surface area contributed by atoms with Crippen LogP contribution in [0.1, 0.15) is 28.9 Å². The van der Waals surface area contributed by atoms with Gasteiger partial charge in [0.1, 0.15) is 0 Å². The molecule has 1 saturated heterocycles. The minimum Gasteiger partial charge on any atom is -0.357 e. The summed E-state index contributed by atoms with van der Waals surface area (Å²) in [5.41, 5.74) is 3.34. The molecule has 126 valence electrons. The third-order valence-corrected chi connectivity index (χ3v) is 4.82. The normalized spacial score (nSPS) is 19.9. The fraction of sp³-hybridized carbons (Fsp3) is 0.211. The maximum atomic E-state index is 5.66. The average molecular weight is 349 g/mol. The van der Waals surface area contributed by atoms with Gasteiger partial charge < -0.3 is 14.8 Å². The molecule has 1 aliphatic heterocycles. The highest BCUT2D eigenvalue weighted by atomic mass is 32.1. The van der Waals surface area contributed by atoms with E-state index in [1.807, 2.05) is 43.7 Å². The van der Waals surface area contributed by atoms with Crippen molar-refractivity contribution in [3.63, 3.8) is 0 Å². The summed E-state index contributed by atoms with van der Waals surface area (Å²) >= 11 is 5.66. The second-order valence-electron chi connectivity index (χ2n) is 6.23. The summed E-state index contributed by atoms with van der Waals surface area (Å²) in [7, 11) is 2.03. The Morgan fingerprint density at radius 1 is 1.16 bits per heavy atom. The topological polar surface area (TPSA) is 46.0 Å². The molecule has 0 spiro atoms. The van der Waals surface area contributed by atoms with Crippen molar-refractivity contribution in [2.75, 3.05) is 0 Å². The summed E-state index contributed by atoms with van der Waals surface area (Å²) in [6.07, 6.45) is 9.71. The Morgan fingerprint density at radius 3 is 2.76 bits per heavy atom. The lowest BCUT2D eigenvalue weighted by Gasteiger charge is -2.27. The van der Waals surface area contributed by atoms with E-state index >= 15 is 0 Å². The zero-order chi connectivity index (χ0) is 17.2. The predicted octanol–water partition coefficient (Wildman–Crippen LogP) is 2.99. The van der Waals surface area contributed by atoms with Gasteiger partial charge in [0.2, 0.25) is 0 Å². The molecule has 0 aliphatic carbocycles. The molecule has 1 fully saturated rings. The number of pyridine rings is 2. The Labute approximate surface area is 152 Å².